The van der Waals surface area contributed by atoms with Gasteiger partial charge in [0.2, 0.25) is 17.9 Å². The van der Waals surface area contributed by atoms with Crippen LogP contribution >= 0.6 is 0 Å². The van der Waals surface area contributed by atoms with E-state index in [1.54, 1.807) is 41.8 Å². The summed E-state index contributed by atoms with van der Waals surface area (Å²) in [5, 5.41) is 5.94. The van der Waals surface area contributed by atoms with E-state index in [2.05, 4.69) is 42.5 Å². The maximum atomic E-state index is 14.1. The van der Waals surface area contributed by atoms with Gasteiger partial charge in [0, 0.05) is 34.8 Å². The number of benzene rings is 2. The van der Waals surface area contributed by atoms with Crippen LogP contribution in [-0.2, 0) is 60.4 Å². The van der Waals surface area contributed by atoms with Gasteiger partial charge in [0.1, 0.15) is 13.2 Å². The summed E-state index contributed by atoms with van der Waals surface area (Å²) in [6.07, 6.45) is 0.0691. The normalized spacial score (nSPS) is 16.0. The lowest BCUT2D eigenvalue weighted by molar-refractivity contribution is -0.175. The molecule has 13 heteroatoms. The molecule has 0 fully saturated rings. The van der Waals surface area contributed by atoms with Crippen molar-refractivity contribution in [3.63, 3.8) is 0 Å². The Bertz CT molecular complexity index is 2040. The van der Waals surface area contributed by atoms with Crippen molar-refractivity contribution in [3.05, 3.63) is 92.8 Å². The van der Waals surface area contributed by atoms with E-state index < -0.39 is 23.6 Å². The van der Waals surface area contributed by atoms with Crippen LogP contribution in [0.2, 0.25) is 0 Å². The van der Waals surface area contributed by atoms with Gasteiger partial charge in [-0.1, -0.05) is 37.3 Å². The molecule has 0 spiro atoms. The fourth-order valence-corrected chi connectivity index (χ4v) is 6.44. The first-order valence-corrected chi connectivity index (χ1v) is 16.5. The molecule has 0 bridgehead atoms. The highest BCUT2D eigenvalue weighted by atomic mass is 16.7. The number of likely N-dealkylation sites (N-methyl/N-ethyl adjacent to an activating group) is 1. The molecule has 2 aliphatic rings. The van der Waals surface area contributed by atoms with E-state index in [0.717, 1.165) is 35.0 Å². The summed E-state index contributed by atoms with van der Waals surface area (Å²) in [6.45, 7) is 6.51. The Morgan fingerprint density at radius 2 is 1.88 bits per heavy atom. The van der Waals surface area contributed by atoms with Crippen molar-refractivity contribution in [2.24, 2.45) is 0 Å². The molecule has 13 nitrogen and oxygen atoms in total. The van der Waals surface area contributed by atoms with Crippen molar-refractivity contribution in [2.45, 2.75) is 65.0 Å². The molecule has 4 aromatic rings. The number of anilines is 1. The molecule has 4 heterocycles. The predicted octanol–water partition coefficient (Wildman–Crippen LogP) is 4.01. The molecule has 50 heavy (non-hydrogen) atoms. The van der Waals surface area contributed by atoms with Gasteiger partial charge in [-0.25, -0.2) is 14.6 Å². The average molecular weight is 682 g/mol. The maximum Gasteiger partial charge on any atom is 0.510 e. The lowest BCUT2D eigenvalue weighted by Crippen LogP contribution is -2.47. The van der Waals surface area contributed by atoms with Gasteiger partial charge in [0.05, 0.1) is 35.6 Å². The number of nitrogens with zero attached hydrogens (tertiary/aromatic N) is 3. The van der Waals surface area contributed by atoms with Gasteiger partial charge in [0.15, 0.2) is 0 Å². The summed E-state index contributed by atoms with van der Waals surface area (Å²) in [5.74, 6) is -1.19. The summed E-state index contributed by atoms with van der Waals surface area (Å²) < 4.78 is 18.3. The molecule has 0 saturated carbocycles. The molecule has 260 valence electrons. The number of hydrogen-bond donors (Lipinski definition) is 2. The summed E-state index contributed by atoms with van der Waals surface area (Å²) in [5.41, 5.74) is 3.42. The first kappa shape index (κ1) is 34.3. The van der Waals surface area contributed by atoms with Crippen LogP contribution in [0.5, 0.6) is 0 Å². The zero-order valence-corrected chi connectivity index (χ0v) is 28.4. The Hall–Kier alpha value is -5.56. The molecule has 2 aliphatic heterocycles. The topological polar surface area (TPSA) is 158 Å². The Kier molecular flexibility index (Phi) is 9.69. The second-order valence-corrected chi connectivity index (χ2v) is 12.7. The Balaban J connectivity index is 1.29. The van der Waals surface area contributed by atoms with E-state index in [9.17, 15) is 24.0 Å². The minimum Gasteiger partial charge on any atom is -0.457 e. The lowest BCUT2D eigenvalue weighted by Gasteiger charge is -2.35. The zero-order chi connectivity index (χ0) is 35.6. The van der Waals surface area contributed by atoms with E-state index in [1.807, 2.05) is 18.2 Å². The SMILES string of the molecule is CC[C@@]1(OC(=O)OCc2ccc(NC(=O)CNC=O)cc2)C(=O)OCc2c1cc1n(c2=O)Cc2c-1nc1ccccc1c2CCN(C)C(C)C. The smallest absolute Gasteiger partial charge is 0.457 e. The highest BCUT2D eigenvalue weighted by Gasteiger charge is 2.51. The Labute approximate surface area is 288 Å². The maximum absolute atomic E-state index is 14.1. The molecule has 1 atom stereocenters. The minimum atomic E-state index is -1.91. The summed E-state index contributed by atoms with van der Waals surface area (Å²) in [7, 11) is 2.09. The third kappa shape index (κ3) is 6.43. The van der Waals surface area contributed by atoms with Crippen molar-refractivity contribution in [1.29, 1.82) is 0 Å². The van der Waals surface area contributed by atoms with E-state index in [0.29, 0.717) is 41.6 Å². The van der Waals surface area contributed by atoms with Crippen LogP contribution in [-0.4, -0.2) is 65.1 Å². The fraction of sp³-hybridized carbons (Fsp3) is 0.351. The third-order valence-electron chi connectivity index (χ3n) is 9.47. The predicted molar refractivity (Wildman–Crippen MR) is 184 cm³/mol. The van der Waals surface area contributed by atoms with Gasteiger partial charge < -0.3 is 34.3 Å². The molecule has 2 N–H and O–H groups in total. The number of esters is 1. The monoisotopic (exact) mass is 681 g/mol. The zero-order valence-electron chi connectivity index (χ0n) is 28.4. The molecule has 2 aromatic carbocycles. The number of nitrogens with one attached hydrogen (secondary N) is 2. The van der Waals surface area contributed by atoms with Crippen molar-refractivity contribution in [2.75, 3.05) is 25.5 Å². The third-order valence-corrected chi connectivity index (χ3v) is 9.47. The summed E-state index contributed by atoms with van der Waals surface area (Å²) in [6, 6.07) is 16.5. The Morgan fingerprint density at radius 3 is 2.60 bits per heavy atom. The number of pyridine rings is 2. The number of carbonyl (C=O) groups excluding carboxylic acids is 4. The fourth-order valence-electron chi connectivity index (χ4n) is 6.44. The first-order chi connectivity index (χ1) is 24.1. The van der Waals surface area contributed by atoms with E-state index >= 15 is 0 Å². The van der Waals surface area contributed by atoms with Gasteiger partial charge in [0.25, 0.3) is 5.56 Å². The molecule has 0 radical (unpaired) electrons. The number of rotatable bonds is 12. The summed E-state index contributed by atoms with van der Waals surface area (Å²) >= 11 is 0. The van der Waals surface area contributed by atoms with Crippen molar-refractivity contribution in [3.8, 4) is 11.4 Å². The summed E-state index contributed by atoms with van der Waals surface area (Å²) in [4.78, 5) is 70.2. The second-order valence-electron chi connectivity index (χ2n) is 12.7. The van der Waals surface area contributed by atoms with Crippen LogP contribution in [0.25, 0.3) is 22.3 Å². The van der Waals surface area contributed by atoms with Gasteiger partial charge >= 0.3 is 12.1 Å². The van der Waals surface area contributed by atoms with Crippen molar-refractivity contribution in [1.82, 2.24) is 19.8 Å². The number of aromatic nitrogens is 2. The van der Waals surface area contributed by atoms with Crippen LogP contribution in [0.4, 0.5) is 10.5 Å². The minimum absolute atomic E-state index is 0.00498. The van der Waals surface area contributed by atoms with Gasteiger partial charge in [-0.05, 0) is 69.1 Å². The quantitative estimate of drug-likeness (QED) is 0.146. The molecule has 0 saturated heterocycles. The van der Waals surface area contributed by atoms with Crippen LogP contribution in [0, 0.1) is 0 Å². The van der Waals surface area contributed by atoms with Crippen LogP contribution in [0.1, 0.15) is 55.0 Å². The molecule has 2 amide bonds. The van der Waals surface area contributed by atoms with Gasteiger partial charge in [-0.2, -0.15) is 0 Å². The highest BCUT2D eigenvalue weighted by molar-refractivity contribution is 5.93. The van der Waals surface area contributed by atoms with Crippen molar-refractivity contribution < 1.29 is 33.4 Å². The number of fused-ring (bicyclic) bond motifs is 5. The number of hydrogen-bond acceptors (Lipinski definition) is 10. The number of ether oxygens (including phenoxy) is 3. The van der Waals surface area contributed by atoms with Crippen molar-refractivity contribution >= 4 is 41.0 Å². The van der Waals surface area contributed by atoms with Crippen LogP contribution in [0.3, 0.4) is 0 Å². The van der Waals surface area contributed by atoms with E-state index in [1.165, 1.54) is 0 Å². The van der Waals surface area contributed by atoms with Gasteiger partial charge in [-0.3, -0.25) is 14.4 Å². The average Bonchev–Trinajstić information content (AvgIpc) is 3.48. The number of para-hydroxylation sites is 1. The van der Waals surface area contributed by atoms with Crippen LogP contribution < -0.4 is 16.2 Å². The highest BCUT2D eigenvalue weighted by Crippen LogP contribution is 2.42. The number of amides is 2. The molecule has 0 aliphatic carbocycles. The lowest BCUT2D eigenvalue weighted by atomic mass is 9.85. The molecular weight excluding hydrogens is 642 g/mol. The van der Waals surface area contributed by atoms with E-state index in [4.69, 9.17) is 19.2 Å². The van der Waals surface area contributed by atoms with Crippen LogP contribution in [0.15, 0.2) is 59.4 Å². The first-order valence-electron chi connectivity index (χ1n) is 16.5. The largest absolute Gasteiger partial charge is 0.510 e. The van der Waals surface area contributed by atoms with Gasteiger partial charge in [-0.15, -0.1) is 0 Å². The molecule has 6 rings (SSSR count). The molecular formula is C37H39N5O8. The Morgan fingerprint density at radius 1 is 1.12 bits per heavy atom. The number of cyclic esters (lactones) is 1. The second kappa shape index (κ2) is 14.1. The number of carbonyl (C=O) groups is 4. The molecule has 2 aromatic heterocycles. The standard InChI is InChI=1S/C37H39N5O8/c1-5-37(50-36(47)49-19-23-10-12-24(13-11-23)39-32(44)17-38-21-43)29-16-31-33-27(18-42(31)34(45)28(29)20-48-35(37)46)25(14-15-41(4)22(2)3)26-8-6-7-9-30(26)40-33/h6-13,16,21-22H,5,14-15,17-20H2,1-4H3,(H,38,43)(H,39,44)/t37-/m0/s1. The molecule has 0 unspecified atom stereocenters. The van der Waals surface area contributed by atoms with E-state index in [-0.39, 0.29) is 42.9 Å².